The van der Waals surface area contributed by atoms with Gasteiger partial charge < -0.3 is 4.79 Å². The average molecular weight is 116 g/mol. The highest BCUT2D eigenvalue weighted by Gasteiger charge is 1.83. The standard InChI is InChI=1S/C4H6O2.Al.3H/c1-4(6)2-3-5;;;;/h3H,2H2,1H3;;;;. The second-order valence-electron chi connectivity index (χ2n) is 1.07. The van der Waals surface area contributed by atoms with Gasteiger partial charge >= 0.3 is 0 Å². The van der Waals surface area contributed by atoms with Crippen molar-refractivity contribution in [1.82, 2.24) is 0 Å². The Morgan fingerprint density at radius 1 is 1.71 bits per heavy atom. The fraction of sp³-hybridized carbons (Fsp3) is 0.500. The molecule has 0 radical (unpaired) electrons. The average Bonchev–Trinajstić information content (AvgIpc) is 1.35. The number of rotatable bonds is 2. The molecular formula is C4H9AlO2. The molecule has 0 aliphatic carbocycles. The molecule has 0 aliphatic rings. The molecule has 0 saturated heterocycles. The van der Waals surface area contributed by atoms with E-state index >= 15 is 0 Å². The van der Waals surface area contributed by atoms with Crippen LogP contribution in [0.15, 0.2) is 0 Å². The molecule has 0 heterocycles. The first kappa shape index (κ1) is 9.98. The Bertz CT molecular complexity index is 70.1. The minimum Gasteiger partial charge on any atom is -0.303 e. The highest BCUT2D eigenvalue weighted by molar-refractivity contribution is 5.87. The Kier molecular flexibility index (Phi) is 8.37. The Labute approximate surface area is 53.0 Å². The van der Waals surface area contributed by atoms with Crippen LogP contribution in [0, 0.1) is 0 Å². The summed E-state index contributed by atoms with van der Waals surface area (Å²) in [5, 5.41) is 0. The smallest absolute Gasteiger partial charge is 0.187 e. The third kappa shape index (κ3) is 10.7. The van der Waals surface area contributed by atoms with Crippen molar-refractivity contribution in [2.45, 2.75) is 13.3 Å². The molecule has 0 rings (SSSR count). The van der Waals surface area contributed by atoms with Gasteiger partial charge in [-0.3, -0.25) is 4.79 Å². The molecule has 7 heavy (non-hydrogen) atoms. The number of hydrogen-bond acceptors (Lipinski definition) is 2. The van der Waals surface area contributed by atoms with E-state index in [2.05, 4.69) is 0 Å². The minimum atomic E-state index is -0.0787. The molecule has 0 amide bonds. The minimum absolute atomic E-state index is 0. The second kappa shape index (κ2) is 5.87. The van der Waals surface area contributed by atoms with Crippen LogP contribution in [0.1, 0.15) is 13.3 Å². The predicted molar refractivity (Wildman–Crippen MR) is 31.3 cm³/mol. The third-order valence-electron chi connectivity index (χ3n) is 0.371. The molecule has 2 nitrogen and oxygen atoms in total. The van der Waals surface area contributed by atoms with Crippen molar-refractivity contribution < 1.29 is 9.59 Å². The van der Waals surface area contributed by atoms with Crippen LogP contribution in [0.5, 0.6) is 0 Å². The molecule has 0 saturated carbocycles. The Balaban J connectivity index is 0. The monoisotopic (exact) mass is 116 g/mol. The highest BCUT2D eigenvalue weighted by atomic mass is 27.0. The largest absolute Gasteiger partial charge is 0.303 e. The number of aldehydes is 1. The van der Waals surface area contributed by atoms with Crippen LogP contribution in [0.2, 0.25) is 0 Å². The first-order valence-electron chi connectivity index (χ1n) is 1.70. The van der Waals surface area contributed by atoms with Crippen LogP contribution in [0.3, 0.4) is 0 Å². The number of hydrogen-bond donors (Lipinski definition) is 0. The molecule has 0 aliphatic heterocycles. The van der Waals surface area contributed by atoms with Gasteiger partial charge in [0.25, 0.3) is 0 Å². The van der Waals surface area contributed by atoms with Gasteiger partial charge in [0.05, 0.1) is 6.42 Å². The zero-order valence-electron chi connectivity index (χ0n) is 3.60. The normalized spacial score (nSPS) is 6.43. The van der Waals surface area contributed by atoms with Crippen molar-refractivity contribution in [3.63, 3.8) is 0 Å². The molecule has 0 aromatic carbocycles. The SMILES string of the molecule is CC(=O)CC=O.[AlH3]. The summed E-state index contributed by atoms with van der Waals surface area (Å²) in [6, 6.07) is 0. The number of Topliss-reactive ketones (excluding diaryl/α,β-unsaturated/α-hetero) is 1. The van der Waals surface area contributed by atoms with Crippen LogP contribution in [0.25, 0.3) is 0 Å². The summed E-state index contributed by atoms with van der Waals surface area (Å²) >= 11 is 0. The van der Waals surface area contributed by atoms with E-state index in [1.165, 1.54) is 6.92 Å². The van der Waals surface area contributed by atoms with E-state index in [1.807, 2.05) is 0 Å². The molecule has 0 fully saturated rings. The molecule has 40 valence electrons. The molecule has 0 spiro atoms. The van der Waals surface area contributed by atoms with Crippen molar-refractivity contribution in [2.24, 2.45) is 0 Å². The molecule has 0 aromatic heterocycles. The summed E-state index contributed by atoms with van der Waals surface area (Å²) < 4.78 is 0. The van der Waals surface area contributed by atoms with Crippen molar-refractivity contribution in [3.8, 4) is 0 Å². The number of carbonyl (C=O) groups is 2. The summed E-state index contributed by atoms with van der Waals surface area (Å²) in [6.45, 7) is 1.38. The van der Waals surface area contributed by atoms with Crippen LogP contribution < -0.4 is 0 Å². The number of carbonyl (C=O) groups excluding carboxylic acids is 2. The molecule has 0 atom stereocenters. The quantitative estimate of drug-likeness (QED) is 0.263. The fourth-order valence-corrected chi connectivity index (χ4v) is 0.117. The predicted octanol–water partition coefficient (Wildman–Crippen LogP) is -1.02. The summed E-state index contributed by atoms with van der Waals surface area (Å²) in [4.78, 5) is 19.2. The summed E-state index contributed by atoms with van der Waals surface area (Å²) in [5.41, 5.74) is 0. The number of ketones is 1. The van der Waals surface area contributed by atoms with Gasteiger partial charge in [0.2, 0.25) is 0 Å². The van der Waals surface area contributed by atoms with Crippen molar-refractivity contribution >= 4 is 29.4 Å². The van der Waals surface area contributed by atoms with E-state index in [-0.39, 0.29) is 29.6 Å². The summed E-state index contributed by atoms with van der Waals surface area (Å²) in [6.07, 6.45) is 0.655. The Morgan fingerprint density at radius 3 is 2.14 bits per heavy atom. The van der Waals surface area contributed by atoms with E-state index < -0.39 is 0 Å². The third-order valence-corrected chi connectivity index (χ3v) is 0.371. The zero-order valence-corrected chi connectivity index (χ0v) is 3.60. The summed E-state index contributed by atoms with van der Waals surface area (Å²) in [7, 11) is 0. The van der Waals surface area contributed by atoms with E-state index in [1.54, 1.807) is 0 Å². The van der Waals surface area contributed by atoms with Crippen molar-refractivity contribution in [2.75, 3.05) is 0 Å². The zero-order chi connectivity index (χ0) is 4.99. The van der Waals surface area contributed by atoms with Gasteiger partial charge in [0.1, 0.15) is 12.1 Å². The Morgan fingerprint density at radius 2 is 2.14 bits per heavy atom. The lowest BCUT2D eigenvalue weighted by molar-refractivity contribution is -0.120. The van der Waals surface area contributed by atoms with Gasteiger partial charge in [-0.25, -0.2) is 0 Å². The van der Waals surface area contributed by atoms with Crippen LogP contribution in [0.4, 0.5) is 0 Å². The molecular weight excluding hydrogens is 107 g/mol. The molecule has 0 bridgehead atoms. The Hall–Kier alpha value is -0.128. The first-order chi connectivity index (χ1) is 2.77. The maximum Gasteiger partial charge on any atom is 0.187 e. The van der Waals surface area contributed by atoms with Gasteiger partial charge in [-0.05, 0) is 6.92 Å². The maximum atomic E-state index is 9.81. The van der Waals surface area contributed by atoms with Gasteiger partial charge in [-0.15, -0.1) is 0 Å². The molecule has 0 aromatic rings. The van der Waals surface area contributed by atoms with Gasteiger partial charge in [-0.2, -0.15) is 0 Å². The second-order valence-corrected chi connectivity index (χ2v) is 1.07. The lowest BCUT2D eigenvalue weighted by Crippen LogP contribution is -1.87. The lowest BCUT2D eigenvalue weighted by Gasteiger charge is -1.71. The first-order valence-corrected chi connectivity index (χ1v) is 1.70. The van der Waals surface area contributed by atoms with Crippen molar-refractivity contribution in [1.29, 1.82) is 0 Å². The fourth-order valence-electron chi connectivity index (χ4n) is 0.117. The van der Waals surface area contributed by atoms with Gasteiger partial charge in [0, 0.05) is 0 Å². The maximum absolute atomic E-state index is 9.81. The van der Waals surface area contributed by atoms with Gasteiger partial charge in [0.15, 0.2) is 17.4 Å². The summed E-state index contributed by atoms with van der Waals surface area (Å²) in [5.74, 6) is -0.0787. The van der Waals surface area contributed by atoms with E-state index in [4.69, 9.17) is 0 Å². The van der Waals surface area contributed by atoms with Crippen molar-refractivity contribution in [3.05, 3.63) is 0 Å². The van der Waals surface area contributed by atoms with Crippen LogP contribution in [-0.4, -0.2) is 29.4 Å². The van der Waals surface area contributed by atoms with E-state index in [9.17, 15) is 9.59 Å². The lowest BCUT2D eigenvalue weighted by atomic mass is 10.3. The van der Waals surface area contributed by atoms with E-state index in [0.29, 0.717) is 6.29 Å². The van der Waals surface area contributed by atoms with Gasteiger partial charge in [-0.1, -0.05) is 0 Å². The van der Waals surface area contributed by atoms with Crippen LogP contribution >= 0.6 is 0 Å². The molecule has 3 heteroatoms. The molecule has 0 N–H and O–H groups in total. The molecule has 0 unspecified atom stereocenters. The van der Waals surface area contributed by atoms with Crippen LogP contribution in [-0.2, 0) is 9.59 Å². The highest BCUT2D eigenvalue weighted by Crippen LogP contribution is 1.69. The van der Waals surface area contributed by atoms with E-state index in [0.717, 1.165) is 0 Å². The topological polar surface area (TPSA) is 34.1 Å².